The number of aromatic nitrogens is 2. The number of rotatable bonds is 2. The van der Waals surface area contributed by atoms with Crippen LogP contribution in [0.5, 0.6) is 0 Å². The molecule has 1 aliphatic heterocycles. The summed E-state index contributed by atoms with van der Waals surface area (Å²) in [7, 11) is 0. The zero-order valence-corrected chi connectivity index (χ0v) is 13.8. The lowest BCUT2D eigenvalue weighted by molar-refractivity contribution is 0.0306. The van der Waals surface area contributed by atoms with Crippen LogP contribution in [0.4, 0.5) is 5.95 Å². The number of benzene rings is 1. The van der Waals surface area contributed by atoms with E-state index in [1.54, 1.807) is 0 Å². The van der Waals surface area contributed by atoms with Crippen LogP contribution in [0.1, 0.15) is 9.67 Å². The summed E-state index contributed by atoms with van der Waals surface area (Å²) in [5.74, 6) is 0.229. The van der Waals surface area contributed by atoms with E-state index in [1.165, 1.54) is 11.3 Å². The number of fused-ring (bicyclic) bond motifs is 1. The Labute approximate surface area is 142 Å². The van der Waals surface area contributed by atoms with E-state index >= 15 is 0 Å². The van der Waals surface area contributed by atoms with Gasteiger partial charge in [0.05, 0.1) is 23.8 Å². The second-order valence-electron chi connectivity index (χ2n) is 5.53. The number of nitrogens with zero attached hydrogens (tertiary/aromatic N) is 3. The Morgan fingerprint density at radius 2 is 1.92 bits per heavy atom. The minimum atomic E-state index is 0.0129. The number of hydrogen-bond acceptors (Lipinski definition) is 6. The topological polar surface area (TPSA) is 81.3 Å². The van der Waals surface area contributed by atoms with Crippen LogP contribution >= 0.6 is 11.3 Å². The van der Waals surface area contributed by atoms with Gasteiger partial charge in [-0.05, 0) is 6.07 Å². The Hall–Kier alpha value is -2.51. The molecule has 2 aromatic heterocycles. The van der Waals surface area contributed by atoms with E-state index in [9.17, 15) is 4.79 Å². The van der Waals surface area contributed by atoms with Gasteiger partial charge in [-0.1, -0.05) is 30.3 Å². The molecule has 0 bridgehead atoms. The van der Waals surface area contributed by atoms with Crippen molar-refractivity contribution in [1.29, 1.82) is 0 Å². The highest BCUT2D eigenvalue weighted by Gasteiger charge is 2.22. The van der Waals surface area contributed by atoms with Gasteiger partial charge < -0.3 is 15.4 Å². The molecule has 1 amide bonds. The molecule has 0 spiro atoms. The van der Waals surface area contributed by atoms with E-state index < -0.39 is 0 Å². The van der Waals surface area contributed by atoms with Crippen LogP contribution in [0.25, 0.3) is 21.5 Å². The number of morpholine rings is 1. The largest absolute Gasteiger partial charge is 0.378 e. The summed E-state index contributed by atoms with van der Waals surface area (Å²) in [5, 5.41) is 0.858. The van der Waals surface area contributed by atoms with Gasteiger partial charge in [0.25, 0.3) is 5.91 Å². The monoisotopic (exact) mass is 340 g/mol. The van der Waals surface area contributed by atoms with Crippen molar-refractivity contribution in [2.24, 2.45) is 0 Å². The zero-order chi connectivity index (χ0) is 16.5. The summed E-state index contributed by atoms with van der Waals surface area (Å²) >= 11 is 1.36. The molecule has 7 heteroatoms. The lowest BCUT2D eigenvalue weighted by Gasteiger charge is -2.26. The first kappa shape index (κ1) is 15.0. The van der Waals surface area contributed by atoms with Gasteiger partial charge >= 0.3 is 0 Å². The van der Waals surface area contributed by atoms with Crippen molar-refractivity contribution in [3.05, 3.63) is 41.3 Å². The first-order chi connectivity index (χ1) is 11.7. The lowest BCUT2D eigenvalue weighted by atomic mass is 10.1. The Morgan fingerprint density at radius 1 is 1.17 bits per heavy atom. The summed E-state index contributed by atoms with van der Waals surface area (Å²) in [6.07, 6.45) is 0. The second-order valence-corrected chi connectivity index (χ2v) is 6.56. The van der Waals surface area contributed by atoms with Crippen LogP contribution in [-0.2, 0) is 4.74 Å². The number of nitrogens with two attached hydrogens (primary N) is 1. The van der Waals surface area contributed by atoms with Crippen LogP contribution in [0.15, 0.2) is 36.4 Å². The molecule has 0 atom stereocenters. The van der Waals surface area contributed by atoms with Crippen LogP contribution in [0, 0.1) is 0 Å². The van der Waals surface area contributed by atoms with Crippen molar-refractivity contribution in [3.8, 4) is 11.3 Å². The van der Waals surface area contributed by atoms with Crippen molar-refractivity contribution < 1.29 is 9.53 Å². The van der Waals surface area contributed by atoms with E-state index in [-0.39, 0.29) is 11.9 Å². The molecule has 2 N–H and O–H groups in total. The van der Waals surface area contributed by atoms with Crippen LogP contribution < -0.4 is 5.73 Å². The van der Waals surface area contributed by atoms with Crippen LogP contribution in [0.2, 0.25) is 0 Å². The molecule has 1 fully saturated rings. The number of ether oxygens (including phenoxy) is 1. The average molecular weight is 340 g/mol. The summed E-state index contributed by atoms with van der Waals surface area (Å²) in [5.41, 5.74) is 7.58. The normalized spacial score (nSPS) is 14.9. The molecule has 4 rings (SSSR count). The quantitative estimate of drug-likeness (QED) is 0.775. The highest BCUT2D eigenvalue weighted by atomic mass is 32.1. The number of carbonyl (C=O) groups excluding carboxylic acids is 1. The third kappa shape index (κ3) is 2.72. The van der Waals surface area contributed by atoms with Gasteiger partial charge in [0, 0.05) is 24.0 Å². The molecule has 1 saturated heterocycles. The zero-order valence-electron chi connectivity index (χ0n) is 12.9. The van der Waals surface area contributed by atoms with Crippen molar-refractivity contribution in [3.63, 3.8) is 0 Å². The first-order valence-electron chi connectivity index (χ1n) is 7.72. The van der Waals surface area contributed by atoms with Crippen molar-refractivity contribution in [2.75, 3.05) is 32.0 Å². The van der Waals surface area contributed by atoms with E-state index in [0.29, 0.717) is 31.2 Å². The van der Waals surface area contributed by atoms with E-state index in [4.69, 9.17) is 10.5 Å². The van der Waals surface area contributed by atoms with Gasteiger partial charge in [0.1, 0.15) is 4.83 Å². The first-order valence-corrected chi connectivity index (χ1v) is 8.53. The second kappa shape index (κ2) is 6.18. The van der Waals surface area contributed by atoms with E-state index in [2.05, 4.69) is 9.97 Å². The lowest BCUT2D eigenvalue weighted by Crippen LogP contribution is -2.40. The van der Waals surface area contributed by atoms with Gasteiger partial charge in [0.2, 0.25) is 5.95 Å². The number of anilines is 1. The summed E-state index contributed by atoms with van der Waals surface area (Å²) in [6, 6.07) is 11.7. The molecule has 0 radical (unpaired) electrons. The summed E-state index contributed by atoms with van der Waals surface area (Å²) in [6.45, 7) is 2.40. The van der Waals surface area contributed by atoms with Crippen molar-refractivity contribution in [1.82, 2.24) is 14.9 Å². The molecule has 1 aliphatic rings. The fourth-order valence-corrected chi connectivity index (χ4v) is 3.79. The Balaban J connectivity index is 1.79. The molecule has 0 aliphatic carbocycles. The highest BCUT2D eigenvalue weighted by Crippen LogP contribution is 2.33. The number of amides is 1. The maximum Gasteiger partial charge on any atom is 0.264 e. The SMILES string of the molecule is Nc1nc(-c2ccccc2)c2cc(C(=O)N3CCOCC3)sc2n1. The smallest absolute Gasteiger partial charge is 0.264 e. The van der Waals surface area contributed by atoms with Crippen LogP contribution in [-0.4, -0.2) is 47.1 Å². The van der Waals surface area contributed by atoms with Gasteiger partial charge in [0.15, 0.2) is 0 Å². The van der Waals surface area contributed by atoms with Gasteiger partial charge in [-0.3, -0.25) is 4.79 Å². The Bertz CT molecular complexity index is 888. The molecule has 3 heterocycles. The predicted octanol–water partition coefficient (Wildman–Crippen LogP) is 2.41. The Kier molecular flexibility index (Phi) is 3.87. The molecule has 0 saturated carbocycles. The summed E-state index contributed by atoms with van der Waals surface area (Å²) < 4.78 is 5.31. The fraction of sp³-hybridized carbons (Fsp3) is 0.235. The maximum atomic E-state index is 12.7. The van der Waals surface area contributed by atoms with Crippen molar-refractivity contribution >= 4 is 33.4 Å². The number of hydrogen-bond donors (Lipinski definition) is 1. The molecule has 6 nitrogen and oxygen atoms in total. The fourth-order valence-electron chi connectivity index (χ4n) is 2.78. The molecular formula is C17H16N4O2S. The van der Waals surface area contributed by atoms with Gasteiger partial charge in [-0.2, -0.15) is 0 Å². The molecule has 24 heavy (non-hydrogen) atoms. The van der Waals surface area contributed by atoms with E-state index in [0.717, 1.165) is 21.5 Å². The number of nitrogen functional groups attached to an aromatic ring is 1. The minimum Gasteiger partial charge on any atom is -0.378 e. The third-order valence-electron chi connectivity index (χ3n) is 3.97. The standard InChI is InChI=1S/C17H16N4O2S/c18-17-19-14(11-4-2-1-3-5-11)12-10-13(24-15(12)20-17)16(22)21-6-8-23-9-7-21/h1-5,10H,6-9H2,(H2,18,19,20). The molecule has 122 valence electrons. The highest BCUT2D eigenvalue weighted by molar-refractivity contribution is 7.20. The van der Waals surface area contributed by atoms with Crippen LogP contribution in [0.3, 0.4) is 0 Å². The molecule has 1 aromatic carbocycles. The maximum absolute atomic E-state index is 12.7. The molecule has 0 unspecified atom stereocenters. The average Bonchev–Trinajstić information content (AvgIpc) is 3.05. The Morgan fingerprint density at radius 3 is 2.67 bits per heavy atom. The minimum absolute atomic E-state index is 0.0129. The van der Waals surface area contributed by atoms with Crippen molar-refractivity contribution in [2.45, 2.75) is 0 Å². The number of thiophene rings is 1. The third-order valence-corrected chi connectivity index (χ3v) is 4.98. The van der Waals surface area contributed by atoms with Gasteiger partial charge in [-0.15, -0.1) is 11.3 Å². The predicted molar refractivity (Wildman–Crippen MR) is 94.0 cm³/mol. The van der Waals surface area contributed by atoms with Gasteiger partial charge in [-0.25, -0.2) is 9.97 Å². The summed E-state index contributed by atoms with van der Waals surface area (Å²) in [4.78, 5) is 24.6. The molecule has 3 aromatic rings. The van der Waals surface area contributed by atoms with E-state index in [1.807, 2.05) is 41.3 Å². The number of carbonyl (C=O) groups is 1. The molecular weight excluding hydrogens is 324 g/mol.